The first-order valence-corrected chi connectivity index (χ1v) is 3.63. The summed E-state index contributed by atoms with van der Waals surface area (Å²) in [5.41, 5.74) is 0.838. The van der Waals surface area contributed by atoms with Crippen LogP contribution in [0.15, 0.2) is 12.5 Å². The van der Waals surface area contributed by atoms with Crippen molar-refractivity contribution in [1.82, 2.24) is 19.7 Å². The molecule has 0 saturated heterocycles. The van der Waals surface area contributed by atoms with Gasteiger partial charge in [0.05, 0.1) is 11.6 Å². The van der Waals surface area contributed by atoms with E-state index in [0.717, 1.165) is 16.4 Å². The van der Waals surface area contributed by atoms with Crippen molar-refractivity contribution >= 4 is 26.6 Å². The molecule has 0 aliphatic carbocycles. The van der Waals surface area contributed by atoms with E-state index < -0.39 is 0 Å². The number of hydrogen-bond donors (Lipinski definition) is 0. The van der Waals surface area contributed by atoms with Crippen LogP contribution in [0, 0.1) is 0 Å². The number of hydrogen-bond acceptors (Lipinski definition) is 3. The zero-order chi connectivity index (χ0) is 7.84. The second kappa shape index (κ2) is 2.13. The Morgan fingerprint density at radius 1 is 1.45 bits per heavy atom. The van der Waals surface area contributed by atoms with Gasteiger partial charge < -0.3 is 0 Å². The van der Waals surface area contributed by atoms with E-state index in [0.29, 0.717) is 0 Å². The SMILES string of the molecule is Cn1ncc2c([Si])ncnc21. The Kier molecular flexibility index (Phi) is 1.25. The minimum atomic E-state index is 0.781. The Labute approximate surface area is 66.7 Å². The third-order valence-corrected chi connectivity index (χ3v) is 1.93. The first kappa shape index (κ1) is 6.48. The van der Waals surface area contributed by atoms with Crippen LogP contribution in [0.1, 0.15) is 0 Å². The topological polar surface area (TPSA) is 43.6 Å². The van der Waals surface area contributed by atoms with Crippen molar-refractivity contribution in [1.29, 1.82) is 0 Å². The van der Waals surface area contributed by atoms with E-state index in [1.807, 2.05) is 7.05 Å². The summed E-state index contributed by atoms with van der Waals surface area (Å²) in [6, 6.07) is 0. The predicted molar refractivity (Wildman–Crippen MR) is 41.7 cm³/mol. The van der Waals surface area contributed by atoms with Gasteiger partial charge in [-0.2, -0.15) is 5.10 Å². The molecule has 0 aliphatic heterocycles. The van der Waals surface area contributed by atoms with Gasteiger partial charge >= 0.3 is 0 Å². The highest BCUT2D eigenvalue weighted by atomic mass is 28.1. The van der Waals surface area contributed by atoms with Crippen LogP contribution >= 0.6 is 0 Å². The fourth-order valence-corrected chi connectivity index (χ4v) is 1.20. The highest BCUT2D eigenvalue weighted by molar-refractivity contribution is 6.36. The van der Waals surface area contributed by atoms with E-state index >= 15 is 0 Å². The molecule has 2 aromatic heterocycles. The largest absolute Gasteiger partial charge is 0.250 e. The predicted octanol–water partition coefficient (Wildman–Crippen LogP) is -0.843. The number of fused-ring (bicyclic) bond motifs is 1. The van der Waals surface area contributed by atoms with Crippen molar-refractivity contribution < 1.29 is 0 Å². The van der Waals surface area contributed by atoms with Crippen LogP contribution < -0.4 is 5.32 Å². The molecule has 2 aromatic rings. The van der Waals surface area contributed by atoms with Gasteiger partial charge in [-0.05, 0) is 0 Å². The second-order valence-corrected chi connectivity index (χ2v) is 2.70. The molecule has 4 nitrogen and oxygen atoms in total. The lowest BCUT2D eigenvalue weighted by atomic mass is 10.4. The van der Waals surface area contributed by atoms with Crippen LogP contribution in [0.4, 0.5) is 0 Å². The molecule has 0 spiro atoms. The van der Waals surface area contributed by atoms with Crippen LogP contribution in [-0.2, 0) is 7.05 Å². The van der Waals surface area contributed by atoms with Crippen molar-refractivity contribution in [2.24, 2.45) is 7.05 Å². The second-order valence-electron chi connectivity index (χ2n) is 2.23. The van der Waals surface area contributed by atoms with E-state index in [4.69, 9.17) is 0 Å². The molecule has 0 aliphatic rings. The van der Waals surface area contributed by atoms with E-state index in [1.165, 1.54) is 6.33 Å². The van der Waals surface area contributed by atoms with Gasteiger partial charge in [0.2, 0.25) is 0 Å². The van der Waals surface area contributed by atoms with Crippen molar-refractivity contribution in [3.8, 4) is 0 Å². The summed E-state index contributed by atoms with van der Waals surface area (Å²) in [6.45, 7) is 0. The maximum atomic E-state index is 4.06. The lowest BCUT2D eigenvalue weighted by Crippen LogP contribution is -2.09. The maximum absolute atomic E-state index is 4.06. The molecule has 0 N–H and O–H groups in total. The monoisotopic (exact) mass is 161 g/mol. The average Bonchev–Trinajstić information content (AvgIpc) is 2.35. The van der Waals surface area contributed by atoms with E-state index in [2.05, 4.69) is 25.3 Å². The molecule has 0 amide bonds. The highest BCUT2D eigenvalue weighted by Gasteiger charge is 2.01. The van der Waals surface area contributed by atoms with Crippen LogP contribution in [-0.4, -0.2) is 30.0 Å². The van der Waals surface area contributed by atoms with Crippen molar-refractivity contribution in [3.63, 3.8) is 0 Å². The molecule has 0 saturated carbocycles. The molecule has 2 rings (SSSR count). The average molecular weight is 161 g/mol. The molecular weight excluding hydrogens is 156 g/mol. The fourth-order valence-electron chi connectivity index (χ4n) is 0.962. The summed E-state index contributed by atoms with van der Waals surface area (Å²) in [7, 11) is 5.20. The van der Waals surface area contributed by atoms with E-state index in [9.17, 15) is 0 Å². The third-order valence-electron chi connectivity index (χ3n) is 1.53. The Bertz CT molecular complexity index is 394. The lowest BCUT2D eigenvalue weighted by molar-refractivity contribution is 0.785. The number of nitrogens with zero attached hydrogens (tertiary/aromatic N) is 4. The Morgan fingerprint density at radius 3 is 3.00 bits per heavy atom. The zero-order valence-electron chi connectivity index (χ0n) is 5.94. The third kappa shape index (κ3) is 0.847. The van der Waals surface area contributed by atoms with Gasteiger partial charge in [0.15, 0.2) is 5.65 Å². The molecular formula is C6H5N4Si. The molecule has 0 unspecified atom stereocenters. The summed E-state index contributed by atoms with van der Waals surface area (Å²) in [6.07, 6.45) is 3.24. The normalized spacial score (nSPS) is 10.7. The lowest BCUT2D eigenvalue weighted by Gasteiger charge is -1.93. The molecule has 3 radical (unpaired) electrons. The molecule has 0 aromatic carbocycles. The highest BCUT2D eigenvalue weighted by Crippen LogP contribution is 2.02. The molecule has 0 fully saturated rings. The smallest absolute Gasteiger partial charge is 0.160 e. The number of aromatic nitrogens is 4. The van der Waals surface area contributed by atoms with Gasteiger partial charge in [-0.1, -0.05) is 0 Å². The Hall–Kier alpha value is -1.23. The molecule has 53 valence electrons. The summed E-state index contributed by atoms with van der Waals surface area (Å²) < 4.78 is 1.71. The van der Waals surface area contributed by atoms with Crippen LogP contribution in [0.25, 0.3) is 11.0 Å². The van der Waals surface area contributed by atoms with Gasteiger partial charge in [-0.25, -0.2) is 9.97 Å². The van der Waals surface area contributed by atoms with Gasteiger partial charge in [0, 0.05) is 12.4 Å². The maximum Gasteiger partial charge on any atom is 0.160 e. The van der Waals surface area contributed by atoms with Gasteiger partial charge in [-0.15, -0.1) is 0 Å². The van der Waals surface area contributed by atoms with Crippen LogP contribution in [0.2, 0.25) is 0 Å². The molecule has 11 heavy (non-hydrogen) atoms. The summed E-state index contributed by atoms with van der Waals surface area (Å²) in [5.74, 6) is 0. The molecule has 0 atom stereocenters. The minimum Gasteiger partial charge on any atom is -0.250 e. The van der Waals surface area contributed by atoms with Crippen LogP contribution in [0.5, 0.6) is 0 Å². The Balaban J connectivity index is 2.94. The molecule has 0 bridgehead atoms. The molecule has 5 heteroatoms. The standard InChI is InChI=1S/C6H5N4Si/c1-10-5-4(2-9-10)6(11)8-3-7-5/h2-3H,1H3. The zero-order valence-corrected chi connectivity index (χ0v) is 6.94. The summed E-state index contributed by atoms with van der Waals surface area (Å²) in [4.78, 5) is 8.03. The van der Waals surface area contributed by atoms with Crippen LogP contribution in [0.3, 0.4) is 0 Å². The number of rotatable bonds is 0. The summed E-state index contributed by atoms with van der Waals surface area (Å²) >= 11 is 0. The van der Waals surface area contributed by atoms with Crippen molar-refractivity contribution in [2.75, 3.05) is 0 Å². The fraction of sp³-hybridized carbons (Fsp3) is 0.167. The quantitative estimate of drug-likeness (QED) is 0.473. The van der Waals surface area contributed by atoms with Gasteiger partial charge in [0.25, 0.3) is 0 Å². The van der Waals surface area contributed by atoms with E-state index in [-0.39, 0.29) is 0 Å². The van der Waals surface area contributed by atoms with Gasteiger partial charge in [-0.3, -0.25) is 4.68 Å². The number of aryl methyl sites for hydroxylation is 1. The van der Waals surface area contributed by atoms with E-state index in [1.54, 1.807) is 10.9 Å². The Morgan fingerprint density at radius 2 is 2.27 bits per heavy atom. The van der Waals surface area contributed by atoms with Crippen molar-refractivity contribution in [3.05, 3.63) is 12.5 Å². The van der Waals surface area contributed by atoms with Crippen molar-refractivity contribution in [2.45, 2.75) is 0 Å². The summed E-state index contributed by atoms with van der Waals surface area (Å²) in [5, 5.41) is 5.76. The first-order chi connectivity index (χ1) is 5.29. The minimum absolute atomic E-state index is 0.781. The first-order valence-electron chi connectivity index (χ1n) is 3.13. The van der Waals surface area contributed by atoms with Gasteiger partial charge in [0.1, 0.15) is 16.6 Å². The molecule has 2 heterocycles.